The molecule has 0 atom stereocenters. The van der Waals surface area contributed by atoms with Crippen LogP contribution in [0, 0.1) is 24.1 Å². The number of rotatable bonds is 5. The highest BCUT2D eigenvalue weighted by molar-refractivity contribution is 6.32. The van der Waals surface area contributed by atoms with E-state index >= 15 is 4.39 Å². The first-order valence-corrected chi connectivity index (χ1v) is 10.9. The second kappa shape index (κ2) is 8.82. The topological polar surface area (TPSA) is 87.7 Å². The first-order chi connectivity index (χ1) is 16.4. The van der Waals surface area contributed by atoms with Crippen LogP contribution in [0.4, 0.5) is 4.39 Å². The highest BCUT2D eigenvalue weighted by Gasteiger charge is 2.20. The Labute approximate surface area is 203 Å². The molecule has 0 aliphatic carbocycles. The summed E-state index contributed by atoms with van der Waals surface area (Å²) in [5.74, 6) is -0.118. The van der Waals surface area contributed by atoms with Crippen molar-refractivity contribution < 1.29 is 13.5 Å². The van der Waals surface area contributed by atoms with Gasteiger partial charge in [0.05, 0.1) is 23.1 Å². The fraction of sp³-hybridized carbons (Fsp3) is 0.0800. The molecule has 0 amide bonds. The number of halogens is 3. The van der Waals surface area contributed by atoms with Gasteiger partial charge in [-0.2, -0.15) is 5.26 Å². The lowest BCUT2D eigenvalue weighted by molar-refractivity contribution is 0.437. The number of aromatic amines is 1. The lowest BCUT2D eigenvalue weighted by Gasteiger charge is -2.11. The second-order valence-electron chi connectivity index (χ2n) is 7.59. The molecule has 168 valence electrons. The molecule has 0 saturated heterocycles. The molecule has 0 saturated carbocycles. The molecule has 0 spiro atoms. The summed E-state index contributed by atoms with van der Waals surface area (Å²) in [4.78, 5) is 3.28. The highest BCUT2D eigenvalue weighted by atomic mass is 35.5. The summed E-state index contributed by atoms with van der Waals surface area (Å²) in [7, 11) is 0. The SMILES string of the molecule is Cc1c(-c2nnc(Cc3ccc(Cl)c(Oc4cc(Cl)cc(C#N)c4)c3F)o2)[nH]c2ccccc12. The van der Waals surface area contributed by atoms with Crippen molar-refractivity contribution in [3.8, 4) is 29.2 Å². The van der Waals surface area contributed by atoms with Crippen molar-refractivity contribution in [1.29, 1.82) is 5.26 Å². The number of nitrogens with zero attached hydrogens (tertiary/aromatic N) is 3. The average Bonchev–Trinajstić information content (AvgIpc) is 3.42. The molecule has 6 nitrogen and oxygen atoms in total. The molecular formula is C25H15Cl2FN4O2. The van der Waals surface area contributed by atoms with Crippen molar-refractivity contribution in [2.45, 2.75) is 13.3 Å². The largest absolute Gasteiger partial charge is 0.453 e. The number of benzene rings is 3. The lowest BCUT2D eigenvalue weighted by atomic mass is 10.1. The molecule has 34 heavy (non-hydrogen) atoms. The smallest absolute Gasteiger partial charge is 0.264 e. The average molecular weight is 493 g/mol. The summed E-state index contributed by atoms with van der Waals surface area (Å²) < 4.78 is 26.8. The molecule has 0 bridgehead atoms. The minimum atomic E-state index is -0.674. The summed E-state index contributed by atoms with van der Waals surface area (Å²) in [6, 6.07) is 17.3. The maximum Gasteiger partial charge on any atom is 0.264 e. The fourth-order valence-corrected chi connectivity index (χ4v) is 4.10. The number of H-pyrrole nitrogens is 1. The number of nitrogens with one attached hydrogen (secondary N) is 1. The molecule has 2 heterocycles. The summed E-state index contributed by atoms with van der Waals surface area (Å²) in [5, 5.41) is 18.7. The van der Waals surface area contributed by atoms with E-state index in [1.165, 1.54) is 30.3 Å². The van der Waals surface area contributed by atoms with Crippen LogP contribution in [0.15, 0.2) is 59.0 Å². The van der Waals surface area contributed by atoms with Gasteiger partial charge in [-0.05, 0) is 42.8 Å². The van der Waals surface area contributed by atoms with E-state index in [1.807, 2.05) is 37.3 Å². The van der Waals surface area contributed by atoms with Crippen LogP contribution in [0.2, 0.25) is 10.0 Å². The maximum absolute atomic E-state index is 15.3. The van der Waals surface area contributed by atoms with E-state index in [4.69, 9.17) is 37.6 Å². The standard InChI is InChI=1S/C25H15Cl2FN4O2/c1-13-18-4-2-3-5-20(18)30-23(13)25-32-31-21(34-25)10-15-6-7-19(27)24(22(15)28)33-17-9-14(12-29)8-16(26)11-17/h2-9,11,30H,10H2,1H3. The quantitative estimate of drug-likeness (QED) is 0.279. The molecule has 0 fully saturated rings. The normalized spacial score (nSPS) is 11.0. The Balaban J connectivity index is 1.44. The number of hydrogen-bond donors (Lipinski definition) is 1. The maximum atomic E-state index is 15.3. The number of ether oxygens (including phenoxy) is 1. The van der Waals surface area contributed by atoms with Gasteiger partial charge in [-0.15, -0.1) is 10.2 Å². The molecule has 3 aromatic carbocycles. The van der Waals surface area contributed by atoms with Crippen molar-refractivity contribution in [2.75, 3.05) is 0 Å². The minimum absolute atomic E-state index is 0.0324. The summed E-state index contributed by atoms with van der Waals surface area (Å²) in [5.41, 5.74) is 3.19. The van der Waals surface area contributed by atoms with E-state index in [0.29, 0.717) is 5.89 Å². The molecule has 0 aliphatic rings. The number of hydrogen-bond acceptors (Lipinski definition) is 5. The highest BCUT2D eigenvalue weighted by Crippen LogP contribution is 2.36. The molecule has 5 rings (SSSR count). The molecule has 0 aliphatic heterocycles. The van der Waals surface area contributed by atoms with Crippen LogP contribution in [0.5, 0.6) is 11.5 Å². The van der Waals surface area contributed by atoms with Crippen LogP contribution < -0.4 is 4.74 Å². The van der Waals surface area contributed by atoms with Gasteiger partial charge in [0.25, 0.3) is 5.89 Å². The van der Waals surface area contributed by atoms with Crippen molar-refractivity contribution >= 4 is 34.1 Å². The first-order valence-electron chi connectivity index (χ1n) is 10.2. The summed E-state index contributed by atoms with van der Waals surface area (Å²) in [6.07, 6.45) is 0.0324. The van der Waals surface area contributed by atoms with Gasteiger partial charge >= 0.3 is 0 Å². The number of para-hydroxylation sites is 1. The summed E-state index contributed by atoms with van der Waals surface area (Å²) in [6.45, 7) is 1.97. The molecule has 2 aromatic heterocycles. The zero-order chi connectivity index (χ0) is 23.8. The minimum Gasteiger partial charge on any atom is -0.453 e. The van der Waals surface area contributed by atoms with Crippen molar-refractivity contribution in [3.63, 3.8) is 0 Å². The van der Waals surface area contributed by atoms with Gasteiger partial charge in [0.1, 0.15) is 11.4 Å². The van der Waals surface area contributed by atoms with Gasteiger partial charge in [0, 0.05) is 21.5 Å². The molecule has 0 unspecified atom stereocenters. The zero-order valence-electron chi connectivity index (χ0n) is 17.7. The first kappa shape index (κ1) is 22.0. The van der Waals surface area contributed by atoms with Crippen LogP contribution >= 0.6 is 23.2 Å². The Morgan fingerprint density at radius 2 is 1.94 bits per heavy atom. The van der Waals surface area contributed by atoms with E-state index in [2.05, 4.69) is 15.2 Å². The van der Waals surface area contributed by atoms with Gasteiger partial charge in [0.2, 0.25) is 5.89 Å². The van der Waals surface area contributed by atoms with Crippen molar-refractivity contribution in [2.24, 2.45) is 0 Å². The molecule has 0 radical (unpaired) electrons. The Morgan fingerprint density at radius 3 is 2.74 bits per heavy atom. The number of aryl methyl sites for hydroxylation is 1. The third-order valence-corrected chi connectivity index (χ3v) is 5.85. The Hall–Kier alpha value is -3.86. The predicted octanol–water partition coefficient (Wildman–Crippen LogP) is 7.23. The van der Waals surface area contributed by atoms with Crippen LogP contribution in [0.3, 0.4) is 0 Å². The van der Waals surface area contributed by atoms with Crippen LogP contribution in [-0.2, 0) is 6.42 Å². The monoisotopic (exact) mass is 492 g/mol. The molecule has 1 N–H and O–H groups in total. The molecular weight excluding hydrogens is 478 g/mol. The number of fused-ring (bicyclic) bond motifs is 1. The predicted molar refractivity (Wildman–Crippen MR) is 127 cm³/mol. The van der Waals surface area contributed by atoms with Gasteiger partial charge in [-0.3, -0.25) is 0 Å². The number of aromatic nitrogens is 3. The Kier molecular flexibility index (Phi) is 5.70. The third-order valence-electron chi connectivity index (χ3n) is 5.34. The Morgan fingerprint density at radius 1 is 1.12 bits per heavy atom. The van der Waals surface area contributed by atoms with E-state index in [9.17, 15) is 0 Å². The van der Waals surface area contributed by atoms with Crippen LogP contribution in [0.25, 0.3) is 22.5 Å². The van der Waals surface area contributed by atoms with Crippen LogP contribution in [0.1, 0.15) is 22.6 Å². The van der Waals surface area contributed by atoms with Gasteiger partial charge in [0.15, 0.2) is 11.6 Å². The fourth-order valence-electron chi connectivity index (χ4n) is 3.69. The lowest BCUT2D eigenvalue weighted by Crippen LogP contribution is -1.98. The van der Waals surface area contributed by atoms with E-state index in [0.717, 1.165) is 22.2 Å². The summed E-state index contributed by atoms with van der Waals surface area (Å²) >= 11 is 12.2. The van der Waals surface area contributed by atoms with Crippen molar-refractivity contribution in [3.05, 3.63) is 93.0 Å². The number of nitriles is 1. The van der Waals surface area contributed by atoms with Crippen molar-refractivity contribution in [1.82, 2.24) is 15.2 Å². The zero-order valence-corrected chi connectivity index (χ0v) is 19.2. The second-order valence-corrected chi connectivity index (χ2v) is 8.43. The van der Waals surface area contributed by atoms with E-state index in [1.54, 1.807) is 0 Å². The van der Waals surface area contributed by atoms with E-state index in [-0.39, 0.29) is 45.0 Å². The van der Waals surface area contributed by atoms with Gasteiger partial charge in [-0.25, -0.2) is 4.39 Å². The van der Waals surface area contributed by atoms with E-state index < -0.39 is 5.82 Å². The molecule has 5 aromatic rings. The van der Waals surface area contributed by atoms with Crippen LogP contribution in [-0.4, -0.2) is 15.2 Å². The Bertz CT molecular complexity index is 1590. The van der Waals surface area contributed by atoms with Gasteiger partial charge < -0.3 is 14.1 Å². The third kappa shape index (κ3) is 4.10. The van der Waals surface area contributed by atoms with Gasteiger partial charge in [-0.1, -0.05) is 47.5 Å². The molecule has 9 heteroatoms.